The average Bonchev–Trinajstić information content (AvgIpc) is 2.78. The highest BCUT2D eigenvalue weighted by Gasteiger charge is 2.23. The van der Waals surface area contributed by atoms with Crippen LogP contribution in [-0.2, 0) is 6.54 Å². The molecule has 1 aliphatic rings. The Bertz CT molecular complexity index is 453. The molecule has 1 unspecified atom stereocenters. The predicted molar refractivity (Wildman–Crippen MR) is 80.9 cm³/mol. The minimum Gasteiger partial charge on any atom is -0.371 e. The molecular weight excluding hydrogens is 309 g/mol. The van der Waals surface area contributed by atoms with E-state index in [1.54, 1.807) is 0 Å². The lowest BCUT2D eigenvalue weighted by molar-refractivity contribution is 0.314. The maximum absolute atomic E-state index is 14.3. The van der Waals surface area contributed by atoms with Gasteiger partial charge >= 0.3 is 0 Å². The monoisotopic (exact) mass is 329 g/mol. The number of hydrogen-bond acceptors (Lipinski definition) is 3. The molecule has 1 aromatic carbocycles. The molecule has 0 saturated carbocycles. The second-order valence-electron chi connectivity index (χ2n) is 5.23. The maximum Gasteiger partial charge on any atom is 0.160 e. The normalized spacial score (nSPS) is 19.9. The Kier molecular flexibility index (Phi) is 4.81. The molecule has 106 valence electrons. The molecule has 0 aliphatic carbocycles. The van der Waals surface area contributed by atoms with Crippen LogP contribution in [0.15, 0.2) is 16.6 Å². The lowest BCUT2D eigenvalue weighted by atomic mass is 10.1. The molecule has 1 heterocycles. The first-order chi connectivity index (χ1) is 9.04. The van der Waals surface area contributed by atoms with Crippen LogP contribution < -0.4 is 10.6 Å². The van der Waals surface area contributed by atoms with E-state index in [2.05, 4.69) is 27.9 Å². The number of benzene rings is 1. The molecule has 1 aliphatic heterocycles. The minimum atomic E-state index is -0.217. The summed E-state index contributed by atoms with van der Waals surface area (Å²) in [4.78, 5) is 4.34. The van der Waals surface area contributed by atoms with Gasteiger partial charge in [0.1, 0.15) is 0 Å². The van der Waals surface area contributed by atoms with Gasteiger partial charge in [0.15, 0.2) is 5.82 Å². The van der Waals surface area contributed by atoms with Crippen molar-refractivity contribution in [2.75, 3.05) is 32.1 Å². The van der Waals surface area contributed by atoms with Crippen molar-refractivity contribution in [1.29, 1.82) is 0 Å². The van der Waals surface area contributed by atoms with Gasteiger partial charge in [-0.05, 0) is 54.0 Å². The van der Waals surface area contributed by atoms with Crippen LogP contribution in [-0.4, -0.2) is 38.1 Å². The Labute approximate surface area is 122 Å². The van der Waals surface area contributed by atoms with Gasteiger partial charge < -0.3 is 15.5 Å². The lowest BCUT2D eigenvalue weighted by Gasteiger charge is -2.28. The van der Waals surface area contributed by atoms with Crippen LogP contribution in [0.3, 0.4) is 0 Å². The van der Waals surface area contributed by atoms with E-state index in [4.69, 9.17) is 5.73 Å². The largest absolute Gasteiger partial charge is 0.371 e. The second kappa shape index (κ2) is 6.20. The summed E-state index contributed by atoms with van der Waals surface area (Å²) in [7, 11) is 4.08. The summed E-state index contributed by atoms with van der Waals surface area (Å²) in [6, 6.07) is 4.21. The van der Waals surface area contributed by atoms with Gasteiger partial charge in [-0.25, -0.2) is 4.39 Å². The summed E-state index contributed by atoms with van der Waals surface area (Å²) < 4.78 is 14.8. The summed E-state index contributed by atoms with van der Waals surface area (Å²) in [5.74, 6) is -0.217. The first kappa shape index (κ1) is 14.8. The molecule has 1 atom stereocenters. The molecule has 2 N–H and O–H groups in total. The van der Waals surface area contributed by atoms with Crippen LogP contribution in [0, 0.1) is 5.82 Å². The van der Waals surface area contributed by atoms with Gasteiger partial charge in [-0.2, -0.15) is 0 Å². The zero-order valence-electron chi connectivity index (χ0n) is 11.5. The number of likely N-dealkylation sites (tertiary alicyclic amines) is 1. The molecule has 0 bridgehead atoms. The van der Waals surface area contributed by atoms with Crippen LogP contribution in [0.4, 0.5) is 10.1 Å². The van der Waals surface area contributed by atoms with E-state index in [0.29, 0.717) is 22.7 Å². The fraction of sp³-hybridized carbons (Fsp3) is 0.571. The van der Waals surface area contributed by atoms with E-state index in [1.807, 2.05) is 24.1 Å². The first-order valence-electron chi connectivity index (χ1n) is 6.63. The molecule has 0 spiro atoms. The van der Waals surface area contributed by atoms with Gasteiger partial charge in [0.2, 0.25) is 0 Å². The van der Waals surface area contributed by atoms with Gasteiger partial charge in [-0.1, -0.05) is 6.07 Å². The standard InChI is InChI=1S/C14H21BrFN3/c1-18-7-3-4-11(18)9-19(2)12-6-5-10(8-17)13(15)14(12)16/h5-6,11H,3-4,7-9,17H2,1-2H3. The van der Waals surface area contributed by atoms with Crippen molar-refractivity contribution in [3.05, 3.63) is 28.0 Å². The maximum atomic E-state index is 14.3. The summed E-state index contributed by atoms with van der Waals surface area (Å²) in [5, 5.41) is 0. The highest BCUT2D eigenvalue weighted by atomic mass is 79.9. The fourth-order valence-electron chi connectivity index (χ4n) is 2.66. The molecule has 1 saturated heterocycles. The Hall–Kier alpha value is -0.650. The highest BCUT2D eigenvalue weighted by Crippen LogP contribution is 2.29. The summed E-state index contributed by atoms with van der Waals surface area (Å²) in [6.45, 7) is 2.32. The molecule has 2 rings (SSSR count). The minimum absolute atomic E-state index is 0.217. The van der Waals surface area contributed by atoms with E-state index in [-0.39, 0.29) is 5.82 Å². The number of hydrogen-bond donors (Lipinski definition) is 1. The van der Waals surface area contributed by atoms with Crippen molar-refractivity contribution in [3.8, 4) is 0 Å². The number of likely N-dealkylation sites (N-methyl/N-ethyl adjacent to an activating group) is 2. The van der Waals surface area contributed by atoms with Gasteiger partial charge in [-0.3, -0.25) is 0 Å². The number of nitrogens with zero attached hydrogens (tertiary/aromatic N) is 2. The van der Waals surface area contributed by atoms with Crippen molar-refractivity contribution in [3.63, 3.8) is 0 Å². The van der Waals surface area contributed by atoms with Gasteiger partial charge in [0.05, 0.1) is 10.2 Å². The first-order valence-corrected chi connectivity index (χ1v) is 7.42. The molecule has 0 aromatic heterocycles. The average molecular weight is 330 g/mol. The van der Waals surface area contributed by atoms with Crippen LogP contribution >= 0.6 is 15.9 Å². The smallest absolute Gasteiger partial charge is 0.160 e. The highest BCUT2D eigenvalue weighted by molar-refractivity contribution is 9.10. The zero-order valence-corrected chi connectivity index (χ0v) is 13.1. The van der Waals surface area contributed by atoms with E-state index >= 15 is 0 Å². The van der Waals surface area contributed by atoms with E-state index in [0.717, 1.165) is 18.7 Å². The second-order valence-corrected chi connectivity index (χ2v) is 6.03. The van der Waals surface area contributed by atoms with Crippen molar-refractivity contribution >= 4 is 21.6 Å². The number of anilines is 1. The molecule has 1 aromatic rings. The Morgan fingerprint density at radius 3 is 2.84 bits per heavy atom. The van der Waals surface area contributed by atoms with Gasteiger partial charge in [0.25, 0.3) is 0 Å². The van der Waals surface area contributed by atoms with E-state index < -0.39 is 0 Å². The quantitative estimate of drug-likeness (QED) is 0.921. The van der Waals surface area contributed by atoms with E-state index in [1.165, 1.54) is 12.8 Å². The van der Waals surface area contributed by atoms with Crippen molar-refractivity contribution in [2.24, 2.45) is 5.73 Å². The van der Waals surface area contributed by atoms with Crippen LogP contribution in [0.5, 0.6) is 0 Å². The lowest BCUT2D eigenvalue weighted by Crippen LogP contribution is -2.37. The third-order valence-corrected chi connectivity index (χ3v) is 4.79. The summed E-state index contributed by atoms with van der Waals surface area (Å²) in [5.41, 5.74) is 7.01. The third kappa shape index (κ3) is 3.09. The molecule has 0 radical (unpaired) electrons. The Balaban J connectivity index is 2.15. The number of halogens is 2. The third-order valence-electron chi connectivity index (χ3n) is 3.93. The van der Waals surface area contributed by atoms with Gasteiger partial charge in [-0.15, -0.1) is 0 Å². The van der Waals surface area contributed by atoms with Crippen molar-refractivity contribution in [1.82, 2.24) is 4.90 Å². The van der Waals surface area contributed by atoms with Crippen LogP contribution in [0.2, 0.25) is 0 Å². The fourth-order valence-corrected chi connectivity index (χ4v) is 3.15. The molecule has 1 fully saturated rings. The van der Waals surface area contributed by atoms with Gasteiger partial charge in [0, 0.05) is 26.2 Å². The molecule has 3 nitrogen and oxygen atoms in total. The number of rotatable bonds is 4. The van der Waals surface area contributed by atoms with Crippen molar-refractivity contribution in [2.45, 2.75) is 25.4 Å². The number of nitrogens with two attached hydrogens (primary N) is 1. The summed E-state index contributed by atoms with van der Waals surface area (Å²) in [6.07, 6.45) is 2.41. The zero-order chi connectivity index (χ0) is 14.0. The molecular formula is C14H21BrFN3. The van der Waals surface area contributed by atoms with E-state index in [9.17, 15) is 4.39 Å². The molecule has 19 heavy (non-hydrogen) atoms. The topological polar surface area (TPSA) is 32.5 Å². The van der Waals surface area contributed by atoms with Crippen LogP contribution in [0.25, 0.3) is 0 Å². The molecule has 5 heteroatoms. The Morgan fingerprint density at radius 2 is 2.26 bits per heavy atom. The summed E-state index contributed by atoms with van der Waals surface area (Å²) >= 11 is 3.29. The Morgan fingerprint density at radius 1 is 1.53 bits per heavy atom. The molecule has 0 amide bonds. The SMILES string of the molecule is CN(CC1CCCN1C)c1ccc(CN)c(Br)c1F. The predicted octanol–water partition coefficient (Wildman–Crippen LogP) is 2.58. The van der Waals surface area contributed by atoms with Crippen molar-refractivity contribution < 1.29 is 4.39 Å². The van der Waals surface area contributed by atoms with Crippen LogP contribution in [0.1, 0.15) is 18.4 Å².